The maximum Gasteiger partial charge on any atom is 4.00 e. The van der Waals surface area contributed by atoms with Crippen LogP contribution in [0.15, 0.2) is 121 Å². The minimum Gasteiger partial charge on any atom is -1.00 e. The summed E-state index contributed by atoms with van der Waals surface area (Å²) in [5.74, 6) is 0. The summed E-state index contributed by atoms with van der Waals surface area (Å²) in [6.45, 7) is 8.81. The summed E-state index contributed by atoms with van der Waals surface area (Å²) >= 11 is 0. The van der Waals surface area contributed by atoms with Gasteiger partial charge < -0.3 is 33.9 Å². The molecular weight excluding hydrogens is 734 g/mol. The molecule has 0 fully saturated rings. The number of hydrogen-bond acceptors (Lipinski definition) is 0. The smallest absolute Gasteiger partial charge is 1.00 e. The molecule has 0 spiro atoms. The molecule has 2 aromatic heterocycles. The Morgan fingerprint density at radius 1 is 0.465 bits per heavy atom. The largest absolute Gasteiger partial charge is 4.00 e. The Balaban J connectivity index is 0.000000184. The van der Waals surface area contributed by atoms with Crippen molar-refractivity contribution in [3.05, 3.63) is 144 Å². The van der Waals surface area contributed by atoms with Crippen LogP contribution in [0.25, 0.3) is 54.7 Å². The van der Waals surface area contributed by atoms with E-state index in [1.807, 2.05) is 0 Å². The number of benzene rings is 4. The summed E-state index contributed by atoms with van der Waals surface area (Å²) in [6.07, 6.45) is 0. The maximum absolute atomic E-state index is 2.37. The molecule has 0 aliphatic heterocycles. The van der Waals surface area contributed by atoms with Gasteiger partial charge in [-0.1, -0.05) is 48.5 Å². The molecule has 8 rings (SSSR count). The van der Waals surface area contributed by atoms with E-state index in [4.69, 9.17) is 0 Å². The Morgan fingerprint density at radius 3 is 1.21 bits per heavy atom. The van der Waals surface area contributed by atoms with Gasteiger partial charge in [0.1, 0.15) is 0 Å². The molecule has 0 bridgehead atoms. The van der Waals surface area contributed by atoms with Gasteiger partial charge in [-0.3, -0.25) is 0 Å². The van der Waals surface area contributed by atoms with E-state index in [1.165, 1.54) is 77.2 Å². The SMILES string of the molecule is Cc1c(C)n(-c2cc3ccccc3[cH-]2)c2ccccc12.Cc1c(C)n(-c2cc3ccccc3[cH-]2)c2ccccc12.[Cl-].[Cl-].[Hf+4]. The number of nitrogens with zero attached hydrogens (tertiary/aromatic N) is 2. The fourth-order valence-corrected chi connectivity index (χ4v) is 6.25. The molecule has 0 amide bonds. The monoisotopic (exact) mass is 766 g/mol. The standard InChI is InChI=1S/2C19H16N.2ClH.Hf/c2*1-13-14(2)20(19-10-6-5-9-18(13)19)17-11-15-7-3-4-8-16(15)12-17;;;/h2*3-12H,1-2H3;2*1H;/q2*-1;;;+4/p-2. The van der Waals surface area contributed by atoms with Crippen molar-refractivity contribution in [2.24, 2.45) is 0 Å². The summed E-state index contributed by atoms with van der Waals surface area (Å²) in [4.78, 5) is 0. The van der Waals surface area contributed by atoms with Crippen LogP contribution >= 0.6 is 0 Å². The molecule has 0 radical (unpaired) electrons. The van der Waals surface area contributed by atoms with Crippen LogP contribution < -0.4 is 24.8 Å². The second-order valence-corrected chi connectivity index (χ2v) is 10.8. The van der Waals surface area contributed by atoms with Crippen LogP contribution in [0.1, 0.15) is 22.5 Å². The van der Waals surface area contributed by atoms with E-state index in [9.17, 15) is 0 Å². The van der Waals surface area contributed by atoms with Gasteiger partial charge >= 0.3 is 25.8 Å². The molecular formula is C38H32Cl2HfN2. The van der Waals surface area contributed by atoms with Crippen LogP contribution in [0.4, 0.5) is 0 Å². The van der Waals surface area contributed by atoms with Crippen molar-refractivity contribution in [3.8, 4) is 11.4 Å². The summed E-state index contributed by atoms with van der Waals surface area (Å²) < 4.78 is 4.73. The fourth-order valence-electron chi connectivity index (χ4n) is 6.25. The van der Waals surface area contributed by atoms with E-state index in [0.717, 1.165) is 0 Å². The first kappa shape index (κ1) is 32.5. The molecule has 5 heteroatoms. The van der Waals surface area contributed by atoms with Crippen molar-refractivity contribution in [1.82, 2.24) is 9.13 Å². The first-order valence-electron chi connectivity index (χ1n) is 14.0. The van der Waals surface area contributed by atoms with Crippen molar-refractivity contribution in [2.75, 3.05) is 0 Å². The molecule has 2 nitrogen and oxygen atoms in total. The number of aromatic nitrogens is 2. The molecule has 0 atom stereocenters. The molecule has 43 heavy (non-hydrogen) atoms. The molecule has 212 valence electrons. The first-order valence-corrected chi connectivity index (χ1v) is 14.0. The third kappa shape index (κ3) is 5.55. The van der Waals surface area contributed by atoms with E-state index in [2.05, 4.69) is 158 Å². The van der Waals surface area contributed by atoms with E-state index in [1.54, 1.807) is 0 Å². The van der Waals surface area contributed by atoms with Crippen molar-refractivity contribution in [3.63, 3.8) is 0 Å². The topological polar surface area (TPSA) is 9.86 Å². The number of halogens is 2. The predicted octanol–water partition coefficient (Wildman–Crippen LogP) is 4.24. The van der Waals surface area contributed by atoms with E-state index < -0.39 is 0 Å². The van der Waals surface area contributed by atoms with Crippen LogP contribution in [0, 0.1) is 27.7 Å². The molecule has 6 aromatic carbocycles. The number of hydrogen-bond donors (Lipinski definition) is 0. The number of para-hydroxylation sites is 2. The Hall–Kier alpha value is -3.37. The predicted molar refractivity (Wildman–Crippen MR) is 172 cm³/mol. The molecule has 0 aliphatic rings. The van der Waals surface area contributed by atoms with Gasteiger partial charge in [-0.05, 0) is 62.3 Å². The molecule has 0 unspecified atom stereocenters. The summed E-state index contributed by atoms with van der Waals surface area (Å²) in [5, 5.41) is 7.90. The van der Waals surface area contributed by atoms with Crippen molar-refractivity contribution in [2.45, 2.75) is 27.7 Å². The fraction of sp³-hybridized carbons (Fsp3) is 0.105. The van der Waals surface area contributed by atoms with E-state index in [-0.39, 0.29) is 50.7 Å². The first-order chi connectivity index (χ1) is 19.5. The van der Waals surface area contributed by atoms with Gasteiger partial charge in [0, 0.05) is 22.2 Å². The van der Waals surface area contributed by atoms with Crippen LogP contribution in [-0.2, 0) is 25.8 Å². The quantitative estimate of drug-likeness (QED) is 0.184. The minimum absolute atomic E-state index is 0. The van der Waals surface area contributed by atoms with Gasteiger partial charge in [0.15, 0.2) is 0 Å². The molecule has 0 saturated carbocycles. The normalized spacial score (nSPS) is 10.7. The average Bonchev–Trinajstić information content (AvgIpc) is 3.72. The Bertz CT molecular complexity index is 1950. The van der Waals surface area contributed by atoms with E-state index >= 15 is 0 Å². The number of fused-ring (bicyclic) bond motifs is 4. The molecule has 0 saturated heterocycles. The zero-order valence-electron chi connectivity index (χ0n) is 24.7. The Labute approximate surface area is 284 Å². The van der Waals surface area contributed by atoms with E-state index in [0.29, 0.717) is 0 Å². The zero-order chi connectivity index (χ0) is 27.4. The Kier molecular flexibility index (Phi) is 9.91. The van der Waals surface area contributed by atoms with Gasteiger partial charge in [-0.15, -0.1) is 82.2 Å². The van der Waals surface area contributed by atoms with Gasteiger partial charge in [0.25, 0.3) is 0 Å². The van der Waals surface area contributed by atoms with Crippen molar-refractivity contribution >= 4 is 43.4 Å². The van der Waals surface area contributed by atoms with Crippen LogP contribution in [0.3, 0.4) is 0 Å². The van der Waals surface area contributed by atoms with Gasteiger partial charge in [0.2, 0.25) is 0 Å². The van der Waals surface area contributed by atoms with Gasteiger partial charge in [-0.2, -0.15) is 0 Å². The maximum atomic E-state index is 2.37. The molecule has 0 aliphatic carbocycles. The van der Waals surface area contributed by atoms with Crippen molar-refractivity contribution < 1.29 is 50.7 Å². The third-order valence-electron chi connectivity index (χ3n) is 8.58. The number of rotatable bonds is 2. The van der Waals surface area contributed by atoms with Crippen LogP contribution in [0.5, 0.6) is 0 Å². The zero-order valence-corrected chi connectivity index (χ0v) is 29.8. The van der Waals surface area contributed by atoms with Crippen LogP contribution in [0.2, 0.25) is 0 Å². The molecule has 0 N–H and O–H groups in total. The average molecular weight is 766 g/mol. The summed E-state index contributed by atoms with van der Waals surface area (Å²) in [5.41, 5.74) is 10.5. The number of aryl methyl sites for hydroxylation is 2. The van der Waals surface area contributed by atoms with Gasteiger partial charge in [0.05, 0.1) is 11.0 Å². The summed E-state index contributed by atoms with van der Waals surface area (Å²) in [6, 6.07) is 43.4. The minimum atomic E-state index is 0. The second kappa shape index (κ2) is 13.1. The molecule has 2 heterocycles. The third-order valence-corrected chi connectivity index (χ3v) is 8.58. The second-order valence-electron chi connectivity index (χ2n) is 10.8. The van der Waals surface area contributed by atoms with Gasteiger partial charge in [-0.25, -0.2) is 0 Å². The Morgan fingerprint density at radius 2 is 0.814 bits per heavy atom. The van der Waals surface area contributed by atoms with Crippen molar-refractivity contribution in [1.29, 1.82) is 0 Å². The summed E-state index contributed by atoms with van der Waals surface area (Å²) in [7, 11) is 0. The van der Waals surface area contributed by atoms with Crippen LogP contribution in [-0.4, -0.2) is 9.13 Å². The molecule has 8 aromatic rings.